The van der Waals surface area contributed by atoms with Crippen LogP contribution >= 0.6 is 12.4 Å². The lowest BCUT2D eigenvalue weighted by Gasteiger charge is -2.18. The molecule has 1 aromatic rings. The van der Waals surface area contributed by atoms with Crippen molar-refractivity contribution in [3.05, 3.63) is 29.6 Å². The van der Waals surface area contributed by atoms with Gasteiger partial charge < -0.3 is 10.8 Å². The van der Waals surface area contributed by atoms with E-state index in [1.807, 2.05) is 13.8 Å². The molecular weight excluding hydrogens is 217 g/mol. The molecule has 0 heterocycles. The summed E-state index contributed by atoms with van der Waals surface area (Å²) in [6, 6.07) is 4.13. The summed E-state index contributed by atoms with van der Waals surface area (Å²) in [6.45, 7) is 4.07. The Kier molecular flexibility index (Phi) is 5.61. The van der Waals surface area contributed by atoms with Crippen LogP contribution in [0.5, 0.6) is 5.75 Å². The number of hydrogen-bond donors (Lipinski definition) is 2. The lowest BCUT2D eigenvalue weighted by atomic mass is 9.93. The molecule has 0 aliphatic heterocycles. The summed E-state index contributed by atoms with van der Waals surface area (Å²) in [7, 11) is 0. The summed E-state index contributed by atoms with van der Waals surface area (Å²) in [6.07, 6.45) is 0.948. The molecule has 0 fully saturated rings. The van der Waals surface area contributed by atoms with Crippen LogP contribution in [0.1, 0.15) is 31.9 Å². The van der Waals surface area contributed by atoms with Crippen LogP contribution in [0, 0.1) is 11.7 Å². The van der Waals surface area contributed by atoms with Crippen molar-refractivity contribution in [2.75, 3.05) is 0 Å². The maximum absolute atomic E-state index is 13.0. The van der Waals surface area contributed by atoms with E-state index in [1.54, 1.807) is 6.07 Å². The van der Waals surface area contributed by atoms with E-state index in [-0.39, 0.29) is 24.2 Å². The fourth-order valence-electron chi connectivity index (χ4n) is 1.31. The molecule has 0 saturated carbocycles. The molecule has 0 aliphatic rings. The maximum atomic E-state index is 13.0. The number of rotatable bonds is 3. The molecule has 0 amide bonds. The van der Waals surface area contributed by atoms with E-state index in [0.29, 0.717) is 5.92 Å². The van der Waals surface area contributed by atoms with Gasteiger partial charge in [-0.2, -0.15) is 0 Å². The first-order valence-electron chi connectivity index (χ1n) is 4.80. The highest BCUT2D eigenvalue weighted by Gasteiger charge is 2.14. The second kappa shape index (κ2) is 5.93. The van der Waals surface area contributed by atoms with Gasteiger partial charge in [0.2, 0.25) is 0 Å². The molecule has 86 valence electrons. The quantitative estimate of drug-likeness (QED) is 0.843. The number of phenols is 1. The van der Waals surface area contributed by atoms with Crippen molar-refractivity contribution in [3.63, 3.8) is 0 Å². The third kappa shape index (κ3) is 3.36. The topological polar surface area (TPSA) is 46.2 Å². The standard InChI is InChI=1S/C11H16FNO.ClH/c1-3-7(2)11(13)8-4-5-10(14)9(12)6-8;/h4-7,11,14H,3,13H2,1-2H3;1H/t7?,11-;/m0./s1. The van der Waals surface area contributed by atoms with Gasteiger partial charge in [-0.05, 0) is 23.6 Å². The number of halogens is 2. The highest BCUT2D eigenvalue weighted by Crippen LogP contribution is 2.25. The van der Waals surface area contributed by atoms with E-state index in [9.17, 15) is 4.39 Å². The molecule has 0 spiro atoms. The first-order chi connectivity index (χ1) is 6.56. The Morgan fingerprint density at radius 3 is 2.53 bits per heavy atom. The van der Waals surface area contributed by atoms with E-state index in [0.717, 1.165) is 12.0 Å². The Hall–Kier alpha value is -0.800. The molecule has 0 aliphatic carbocycles. The van der Waals surface area contributed by atoms with Crippen LogP contribution in [0.15, 0.2) is 18.2 Å². The minimum Gasteiger partial charge on any atom is -0.505 e. The van der Waals surface area contributed by atoms with Gasteiger partial charge in [0.1, 0.15) is 0 Å². The first-order valence-corrected chi connectivity index (χ1v) is 4.80. The molecule has 3 N–H and O–H groups in total. The molecule has 15 heavy (non-hydrogen) atoms. The minimum absolute atomic E-state index is 0. The van der Waals surface area contributed by atoms with Crippen LogP contribution in [0.25, 0.3) is 0 Å². The van der Waals surface area contributed by atoms with E-state index in [2.05, 4.69) is 0 Å². The van der Waals surface area contributed by atoms with Gasteiger partial charge in [0, 0.05) is 6.04 Å². The molecule has 0 bridgehead atoms. The Bertz CT molecular complexity index is 319. The van der Waals surface area contributed by atoms with Crippen molar-refractivity contribution in [2.24, 2.45) is 11.7 Å². The Morgan fingerprint density at radius 2 is 2.07 bits per heavy atom. The fourth-order valence-corrected chi connectivity index (χ4v) is 1.31. The van der Waals surface area contributed by atoms with E-state index < -0.39 is 5.82 Å². The minimum atomic E-state index is -0.610. The molecule has 0 radical (unpaired) electrons. The summed E-state index contributed by atoms with van der Waals surface area (Å²) in [4.78, 5) is 0. The summed E-state index contributed by atoms with van der Waals surface area (Å²) in [5.74, 6) is -0.634. The maximum Gasteiger partial charge on any atom is 0.165 e. The van der Waals surface area contributed by atoms with Gasteiger partial charge in [-0.25, -0.2) is 4.39 Å². The fraction of sp³-hybridized carbons (Fsp3) is 0.455. The molecular formula is C11H17ClFNO. The van der Waals surface area contributed by atoms with Gasteiger partial charge in [0.05, 0.1) is 0 Å². The van der Waals surface area contributed by atoms with Gasteiger partial charge in [0.15, 0.2) is 11.6 Å². The number of nitrogens with two attached hydrogens (primary N) is 1. The second-order valence-corrected chi connectivity index (χ2v) is 3.62. The predicted octanol–water partition coefficient (Wildman–Crippen LogP) is 3.00. The molecule has 4 heteroatoms. The largest absolute Gasteiger partial charge is 0.505 e. The molecule has 0 saturated heterocycles. The second-order valence-electron chi connectivity index (χ2n) is 3.62. The molecule has 2 atom stereocenters. The van der Waals surface area contributed by atoms with Crippen LogP contribution < -0.4 is 5.73 Å². The molecule has 1 unspecified atom stereocenters. The van der Waals surface area contributed by atoms with Crippen molar-refractivity contribution in [2.45, 2.75) is 26.3 Å². The predicted molar refractivity (Wildman–Crippen MR) is 61.7 cm³/mol. The zero-order valence-corrected chi connectivity index (χ0v) is 9.72. The Morgan fingerprint density at radius 1 is 1.47 bits per heavy atom. The van der Waals surface area contributed by atoms with Crippen molar-refractivity contribution < 1.29 is 9.50 Å². The Balaban J connectivity index is 0.00000196. The normalized spacial score (nSPS) is 14.1. The van der Waals surface area contributed by atoms with Crippen molar-refractivity contribution in [1.82, 2.24) is 0 Å². The zero-order chi connectivity index (χ0) is 10.7. The Labute approximate surface area is 95.7 Å². The lowest BCUT2D eigenvalue weighted by molar-refractivity contribution is 0.425. The smallest absolute Gasteiger partial charge is 0.165 e. The van der Waals surface area contributed by atoms with Crippen molar-refractivity contribution >= 4 is 12.4 Å². The van der Waals surface area contributed by atoms with Gasteiger partial charge >= 0.3 is 0 Å². The molecule has 1 rings (SSSR count). The molecule has 0 aromatic heterocycles. The number of benzene rings is 1. The van der Waals surface area contributed by atoms with Crippen LogP contribution in [0.4, 0.5) is 4.39 Å². The highest BCUT2D eigenvalue weighted by atomic mass is 35.5. The first kappa shape index (κ1) is 14.2. The van der Waals surface area contributed by atoms with E-state index in [1.165, 1.54) is 12.1 Å². The van der Waals surface area contributed by atoms with Crippen molar-refractivity contribution in [3.8, 4) is 5.75 Å². The molecule has 1 aromatic carbocycles. The average Bonchev–Trinajstić information content (AvgIpc) is 2.20. The SMILES string of the molecule is CCC(C)[C@H](N)c1ccc(O)c(F)c1.Cl. The summed E-state index contributed by atoms with van der Waals surface area (Å²) in [5.41, 5.74) is 6.65. The number of aromatic hydroxyl groups is 1. The summed E-state index contributed by atoms with van der Waals surface area (Å²) >= 11 is 0. The van der Waals surface area contributed by atoms with Gasteiger partial charge in [0.25, 0.3) is 0 Å². The lowest BCUT2D eigenvalue weighted by Crippen LogP contribution is -2.18. The van der Waals surface area contributed by atoms with Crippen LogP contribution in [0.3, 0.4) is 0 Å². The van der Waals surface area contributed by atoms with Crippen LogP contribution in [-0.2, 0) is 0 Å². The van der Waals surface area contributed by atoms with Gasteiger partial charge in [-0.1, -0.05) is 26.3 Å². The number of phenolic OH excluding ortho intramolecular Hbond substituents is 1. The molecule has 2 nitrogen and oxygen atoms in total. The van der Waals surface area contributed by atoms with E-state index in [4.69, 9.17) is 10.8 Å². The number of hydrogen-bond acceptors (Lipinski definition) is 2. The third-order valence-corrected chi connectivity index (χ3v) is 2.61. The van der Waals surface area contributed by atoms with Crippen LogP contribution in [-0.4, -0.2) is 5.11 Å². The van der Waals surface area contributed by atoms with Gasteiger partial charge in [-0.15, -0.1) is 12.4 Å². The highest BCUT2D eigenvalue weighted by molar-refractivity contribution is 5.85. The monoisotopic (exact) mass is 233 g/mol. The summed E-state index contributed by atoms with van der Waals surface area (Å²) < 4.78 is 13.0. The average molecular weight is 234 g/mol. The van der Waals surface area contributed by atoms with Crippen LogP contribution in [0.2, 0.25) is 0 Å². The van der Waals surface area contributed by atoms with Crippen molar-refractivity contribution in [1.29, 1.82) is 0 Å². The zero-order valence-electron chi connectivity index (χ0n) is 8.90. The van der Waals surface area contributed by atoms with E-state index >= 15 is 0 Å². The third-order valence-electron chi connectivity index (χ3n) is 2.61. The summed E-state index contributed by atoms with van der Waals surface area (Å²) in [5, 5.41) is 9.01. The van der Waals surface area contributed by atoms with Gasteiger partial charge in [-0.3, -0.25) is 0 Å².